The number of hydrogen-bond donors (Lipinski definition) is 6. The van der Waals surface area contributed by atoms with E-state index in [1.54, 1.807) is 131 Å². The number of nitrogens with zero attached hydrogens (tertiary/aromatic N) is 5. The Kier molecular flexibility index (Phi) is 28.0. The first-order chi connectivity index (χ1) is 42.8. The summed E-state index contributed by atoms with van der Waals surface area (Å²) >= 11 is 0. The summed E-state index contributed by atoms with van der Waals surface area (Å²) in [4.78, 5) is 90.3. The van der Waals surface area contributed by atoms with Gasteiger partial charge in [0.05, 0.1) is 80.7 Å². The van der Waals surface area contributed by atoms with E-state index in [9.17, 15) is 28.8 Å². The predicted octanol–water partition coefficient (Wildman–Crippen LogP) is 7.98. The number of ether oxygens (including phenoxy) is 4. The van der Waals surface area contributed by atoms with E-state index in [0.717, 1.165) is 77.6 Å². The Labute approximate surface area is 515 Å². The molecule has 2 aromatic heterocycles. The first kappa shape index (κ1) is 67.6. The maximum atomic E-state index is 12.7. The third kappa shape index (κ3) is 21.8. The molecular formula is C67H81N11O10. The Hall–Kier alpha value is -9.54. The van der Waals surface area contributed by atoms with Crippen LogP contribution in [-0.2, 0) is 11.2 Å². The number of benzene rings is 5. The number of piperazine rings is 1. The highest BCUT2D eigenvalue weighted by Crippen LogP contribution is 2.21. The summed E-state index contributed by atoms with van der Waals surface area (Å²) in [6.07, 6.45) is 6.72. The van der Waals surface area contributed by atoms with E-state index in [-0.39, 0.29) is 35.4 Å². The van der Waals surface area contributed by atoms with Crippen LogP contribution in [0.4, 0.5) is 17.1 Å². The molecule has 464 valence electrons. The van der Waals surface area contributed by atoms with Crippen molar-refractivity contribution in [3.8, 4) is 17.2 Å². The van der Waals surface area contributed by atoms with Crippen LogP contribution in [-0.4, -0.2) is 174 Å². The number of amides is 6. The number of nitrogens with one attached hydrogen (secondary N) is 6. The number of carbonyl (C=O) groups is 6. The monoisotopic (exact) mass is 1200 g/mol. The Morgan fingerprint density at radius 3 is 1.43 bits per heavy atom. The van der Waals surface area contributed by atoms with Gasteiger partial charge in [-0.2, -0.15) is 0 Å². The van der Waals surface area contributed by atoms with Crippen LogP contribution in [0.5, 0.6) is 17.2 Å². The van der Waals surface area contributed by atoms with Crippen molar-refractivity contribution < 1.29 is 47.7 Å². The number of aromatic nitrogens is 2. The van der Waals surface area contributed by atoms with Crippen LogP contribution in [0.2, 0.25) is 0 Å². The lowest BCUT2D eigenvalue weighted by Gasteiger charge is -2.32. The fourth-order valence-electron chi connectivity index (χ4n) is 8.92. The van der Waals surface area contributed by atoms with Crippen LogP contribution >= 0.6 is 0 Å². The maximum Gasteiger partial charge on any atom is 0.255 e. The normalized spacial score (nSPS) is 12.9. The summed E-state index contributed by atoms with van der Waals surface area (Å²) in [6, 6.07) is 38.8. The number of rotatable bonds is 21. The summed E-state index contributed by atoms with van der Waals surface area (Å²) in [6.45, 7) is 16.5. The molecule has 0 atom stereocenters. The van der Waals surface area contributed by atoms with Crippen LogP contribution in [0.3, 0.4) is 0 Å². The first-order valence-electron chi connectivity index (χ1n) is 29.2. The van der Waals surface area contributed by atoms with E-state index in [1.165, 1.54) is 30.4 Å². The zero-order valence-corrected chi connectivity index (χ0v) is 51.2. The van der Waals surface area contributed by atoms with E-state index in [4.69, 9.17) is 18.9 Å². The summed E-state index contributed by atoms with van der Waals surface area (Å²) in [7, 11) is 6.80. The van der Waals surface area contributed by atoms with Crippen LogP contribution in [0.15, 0.2) is 158 Å². The summed E-state index contributed by atoms with van der Waals surface area (Å²) < 4.78 is 20.7. The second-order valence-corrected chi connectivity index (χ2v) is 20.0. The third-order valence-electron chi connectivity index (χ3n) is 14.0. The van der Waals surface area contributed by atoms with Crippen molar-refractivity contribution in [2.45, 2.75) is 27.2 Å². The lowest BCUT2D eigenvalue weighted by atomic mass is 10.1. The van der Waals surface area contributed by atoms with Crippen molar-refractivity contribution in [2.75, 3.05) is 130 Å². The quantitative estimate of drug-likeness (QED) is 0.0399. The van der Waals surface area contributed by atoms with Crippen molar-refractivity contribution in [2.24, 2.45) is 0 Å². The van der Waals surface area contributed by atoms with Crippen molar-refractivity contribution >= 4 is 52.5 Å². The zero-order chi connectivity index (χ0) is 63.0. The Bertz CT molecular complexity index is 3340. The number of aryl methyl sites for hydroxylation is 1. The Morgan fingerprint density at radius 1 is 0.466 bits per heavy atom. The number of anilines is 3. The molecular weight excluding hydrogens is 1120 g/mol. The van der Waals surface area contributed by atoms with E-state index in [2.05, 4.69) is 75.7 Å². The minimum Gasteiger partial charge on any atom is -0.497 e. The van der Waals surface area contributed by atoms with Crippen molar-refractivity contribution in [3.05, 3.63) is 203 Å². The maximum absolute atomic E-state index is 12.7. The molecule has 0 spiro atoms. The Balaban J connectivity index is 0.000000208. The van der Waals surface area contributed by atoms with E-state index < -0.39 is 0 Å². The van der Waals surface area contributed by atoms with Gasteiger partial charge >= 0.3 is 0 Å². The second kappa shape index (κ2) is 36.5. The van der Waals surface area contributed by atoms with E-state index in [0.29, 0.717) is 87.3 Å². The number of para-hydroxylation sites is 1. The predicted molar refractivity (Wildman–Crippen MR) is 342 cm³/mol. The highest BCUT2D eigenvalue weighted by atomic mass is 16.5. The molecule has 2 fully saturated rings. The largest absolute Gasteiger partial charge is 0.497 e. The molecule has 0 saturated carbocycles. The molecule has 2 aliphatic heterocycles. The minimum absolute atomic E-state index is 0.194. The van der Waals surface area contributed by atoms with Gasteiger partial charge in [-0.3, -0.25) is 48.5 Å². The zero-order valence-electron chi connectivity index (χ0n) is 51.2. The molecule has 88 heavy (non-hydrogen) atoms. The highest BCUT2D eigenvalue weighted by Gasteiger charge is 2.20. The van der Waals surface area contributed by atoms with Crippen molar-refractivity contribution in [3.63, 3.8) is 0 Å². The van der Waals surface area contributed by atoms with Gasteiger partial charge in [-0.1, -0.05) is 61.9 Å². The van der Waals surface area contributed by atoms with Gasteiger partial charge in [0, 0.05) is 101 Å². The molecule has 0 aliphatic carbocycles. The second-order valence-electron chi connectivity index (χ2n) is 20.0. The molecule has 6 N–H and O–H groups in total. The van der Waals surface area contributed by atoms with Gasteiger partial charge in [0.1, 0.15) is 17.2 Å². The molecule has 2 saturated heterocycles. The summed E-state index contributed by atoms with van der Waals surface area (Å²) in [5, 5.41) is 17.1. The average molecular weight is 1200 g/mol. The summed E-state index contributed by atoms with van der Waals surface area (Å²) in [5.41, 5.74) is 6.14. The van der Waals surface area contributed by atoms with Gasteiger partial charge in [-0.25, -0.2) is 0 Å². The van der Waals surface area contributed by atoms with Gasteiger partial charge < -0.3 is 55.7 Å². The molecule has 9 rings (SSSR count). The standard InChI is InChI=1S/C23H23N3O3.C22H28N4O3.C20H24N4O4.C2H6/c1-16-3-5-17(6-4-16)11-14-25-23(28)20-12-13-24-15-21(20)26-22(27)18-7-9-19(29-2)10-8-18;1-25-12-14-26(15-13-25)11-10-23-22(28)19-8-3-4-9-20(19)24-21(27)17-6-5-7-18(16-17)29-2;1-27-16-4-2-15(3-5-16)19(25)23-18-14-21-7-6-17(18)20(26)22-8-9-24-10-12-28-13-11-24;1-2/h3-10,12-13,15H,11,14H2,1-2H3,(H,25,28)(H,26,27);3-9,16H,10-15H2,1-2H3,(H,23,28)(H,24,27);2-7,14H,8-13H2,1H3,(H,22,26)(H,23,25);1-2H3. The average Bonchev–Trinajstić information content (AvgIpc) is 3.18. The number of hydrogen-bond acceptors (Lipinski definition) is 15. The molecule has 5 aromatic carbocycles. The molecule has 7 aromatic rings. The topological polar surface area (TPSA) is 247 Å². The number of morpholine rings is 1. The smallest absolute Gasteiger partial charge is 0.255 e. The fourth-order valence-corrected chi connectivity index (χ4v) is 8.92. The molecule has 0 radical (unpaired) electrons. The molecule has 4 heterocycles. The molecule has 6 amide bonds. The first-order valence-corrected chi connectivity index (χ1v) is 29.2. The number of likely N-dealkylation sites (N-methyl/N-ethyl adjacent to an activating group) is 1. The van der Waals surface area contributed by atoms with Crippen LogP contribution in [0.25, 0.3) is 0 Å². The van der Waals surface area contributed by atoms with Crippen LogP contribution in [0.1, 0.15) is 87.1 Å². The number of methoxy groups -OCH3 is 3. The SMILES string of the molecule is CC.COc1ccc(C(=O)Nc2cnccc2C(=O)NCCN2CCOCC2)cc1.COc1ccc(C(=O)Nc2cnccc2C(=O)NCCc2ccc(C)cc2)cc1.COc1cccc(C(=O)Nc2ccccc2C(=O)NCCN2CCN(C)CC2)c1. The molecule has 0 bridgehead atoms. The fraction of sp³-hybridized carbons (Fsp3) is 0.313. The minimum atomic E-state index is -0.325. The molecule has 21 nitrogen and oxygen atoms in total. The lowest BCUT2D eigenvalue weighted by Crippen LogP contribution is -2.46. The molecule has 0 unspecified atom stereocenters. The molecule has 21 heteroatoms. The van der Waals surface area contributed by atoms with Crippen molar-refractivity contribution in [1.82, 2.24) is 40.6 Å². The number of carbonyl (C=O) groups excluding carboxylic acids is 6. The van der Waals surface area contributed by atoms with E-state index >= 15 is 0 Å². The lowest BCUT2D eigenvalue weighted by molar-refractivity contribution is 0.0383. The summed E-state index contributed by atoms with van der Waals surface area (Å²) in [5.74, 6) is 0.294. The Morgan fingerprint density at radius 2 is 0.920 bits per heavy atom. The van der Waals surface area contributed by atoms with Gasteiger partial charge in [-0.05, 0) is 117 Å². The highest BCUT2D eigenvalue weighted by molar-refractivity contribution is 6.11. The van der Waals surface area contributed by atoms with Gasteiger partial charge in [0.2, 0.25) is 0 Å². The van der Waals surface area contributed by atoms with Gasteiger partial charge in [0.25, 0.3) is 35.4 Å². The van der Waals surface area contributed by atoms with Crippen LogP contribution in [0, 0.1) is 6.92 Å². The van der Waals surface area contributed by atoms with Gasteiger partial charge in [0.15, 0.2) is 0 Å². The van der Waals surface area contributed by atoms with Gasteiger partial charge in [-0.15, -0.1) is 0 Å². The van der Waals surface area contributed by atoms with Crippen molar-refractivity contribution in [1.29, 1.82) is 0 Å². The van der Waals surface area contributed by atoms with E-state index in [1.807, 2.05) is 32.9 Å². The number of pyridine rings is 2. The third-order valence-corrected chi connectivity index (χ3v) is 14.0. The molecule has 2 aliphatic rings. The van der Waals surface area contributed by atoms with Crippen LogP contribution < -0.4 is 46.1 Å².